The molecule has 2 N–H and O–H groups in total. The SMILES string of the molecule is CCNC(=NCc1nnc2ccccn12)NCCCC(=O)OC1CCCC1. The summed E-state index contributed by atoms with van der Waals surface area (Å²) >= 11 is 0. The van der Waals surface area contributed by atoms with Gasteiger partial charge in [0.05, 0.1) is 0 Å². The van der Waals surface area contributed by atoms with E-state index in [9.17, 15) is 4.79 Å². The largest absolute Gasteiger partial charge is 0.462 e. The van der Waals surface area contributed by atoms with E-state index in [0.29, 0.717) is 31.9 Å². The van der Waals surface area contributed by atoms with Gasteiger partial charge in [-0.25, -0.2) is 4.99 Å². The number of carbonyl (C=O) groups excluding carboxylic acids is 1. The first-order chi connectivity index (χ1) is 13.3. The van der Waals surface area contributed by atoms with Crippen molar-refractivity contribution in [2.75, 3.05) is 13.1 Å². The van der Waals surface area contributed by atoms with Gasteiger partial charge in [-0.05, 0) is 51.2 Å². The summed E-state index contributed by atoms with van der Waals surface area (Å²) in [6.45, 7) is 3.86. The van der Waals surface area contributed by atoms with Crippen molar-refractivity contribution >= 4 is 17.6 Å². The van der Waals surface area contributed by atoms with E-state index in [2.05, 4.69) is 25.8 Å². The second-order valence-electron chi connectivity index (χ2n) is 6.67. The second kappa shape index (κ2) is 9.89. The summed E-state index contributed by atoms with van der Waals surface area (Å²) in [5.74, 6) is 1.39. The molecule has 8 heteroatoms. The number of ether oxygens (including phenoxy) is 1. The maximum atomic E-state index is 11.9. The van der Waals surface area contributed by atoms with Crippen molar-refractivity contribution in [3.63, 3.8) is 0 Å². The third-order valence-corrected chi connectivity index (χ3v) is 4.56. The Morgan fingerprint density at radius 2 is 2.15 bits per heavy atom. The molecule has 1 aliphatic carbocycles. The number of aliphatic imine (C=N–C) groups is 1. The van der Waals surface area contributed by atoms with Crippen LogP contribution in [0.3, 0.4) is 0 Å². The Morgan fingerprint density at radius 1 is 1.30 bits per heavy atom. The Morgan fingerprint density at radius 3 is 2.96 bits per heavy atom. The molecular weight excluding hydrogens is 344 g/mol. The monoisotopic (exact) mass is 372 g/mol. The highest BCUT2D eigenvalue weighted by Crippen LogP contribution is 2.21. The van der Waals surface area contributed by atoms with Crippen molar-refractivity contribution in [3.05, 3.63) is 30.2 Å². The predicted octanol–water partition coefficient (Wildman–Crippen LogP) is 2.05. The van der Waals surface area contributed by atoms with Crippen LogP contribution in [0.4, 0.5) is 0 Å². The Hall–Kier alpha value is -2.64. The van der Waals surface area contributed by atoms with Gasteiger partial charge in [-0.3, -0.25) is 9.20 Å². The molecular formula is C19H28N6O2. The van der Waals surface area contributed by atoms with Crippen LogP contribution in [-0.2, 0) is 16.1 Å². The van der Waals surface area contributed by atoms with Crippen molar-refractivity contribution in [2.24, 2.45) is 4.99 Å². The fraction of sp³-hybridized carbons (Fsp3) is 0.579. The van der Waals surface area contributed by atoms with Gasteiger partial charge in [-0.1, -0.05) is 6.07 Å². The van der Waals surface area contributed by atoms with Crippen molar-refractivity contribution in [1.29, 1.82) is 0 Å². The van der Waals surface area contributed by atoms with Gasteiger partial charge in [-0.2, -0.15) is 0 Å². The Balaban J connectivity index is 1.44. The third kappa shape index (κ3) is 5.67. The molecule has 0 saturated heterocycles. The fourth-order valence-corrected chi connectivity index (χ4v) is 3.18. The molecule has 2 aromatic rings. The summed E-state index contributed by atoms with van der Waals surface area (Å²) in [6.07, 6.45) is 7.57. The highest BCUT2D eigenvalue weighted by Gasteiger charge is 2.18. The van der Waals surface area contributed by atoms with Crippen LogP contribution in [0.15, 0.2) is 29.4 Å². The molecule has 0 amide bonds. The van der Waals surface area contributed by atoms with E-state index in [1.165, 1.54) is 12.8 Å². The number of guanidine groups is 1. The van der Waals surface area contributed by atoms with Gasteiger partial charge in [0, 0.05) is 25.7 Å². The molecule has 0 aliphatic heterocycles. The van der Waals surface area contributed by atoms with E-state index in [1.807, 2.05) is 35.7 Å². The number of aromatic nitrogens is 3. The van der Waals surface area contributed by atoms with Gasteiger partial charge in [0.15, 0.2) is 17.4 Å². The summed E-state index contributed by atoms with van der Waals surface area (Å²) in [6, 6.07) is 5.78. The van der Waals surface area contributed by atoms with E-state index in [1.54, 1.807) is 0 Å². The number of hydrogen-bond acceptors (Lipinski definition) is 5. The highest BCUT2D eigenvalue weighted by atomic mass is 16.5. The number of rotatable bonds is 8. The average molecular weight is 372 g/mol. The van der Waals surface area contributed by atoms with Gasteiger partial charge in [0.1, 0.15) is 12.6 Å². The molecule has 0 aromatic carbocycles. The number of carbonyl (C=O) groups is 1. The van der Waals surface area contributed by atoms with Crippen LogP contribution < -0.4 is 10.6 Å². The van der Waals surface area contributed by atoms with Crippen LogP contribution in [0.25, 0.3) is 5.65 Å². The normalized spacial score (nSPS) is 15.2. The Kier molecular flexibility index (Phi) is 7.01. The molecule has 0 unspecified atom stereocenters. The minimum atomic E-state index is -0.0967. The number of pyridine rings is 1. The van der Waals surface area contributed by atoms with Crippen molar-refractivity contribution in [1.82, 2.24) is 25.2 Å². The minimum absolute atomic E-state index is 0.0967. The van der Waals surface area contributed by atoms with Crippen LogP contribution in [0.1, 0.15) is 51.3 Å². The van der Waals surface area contributed by atoms with Gasteiger partial charge in [-0.15, -0.1) is 10.2 Å². The quantitative estimate of drug-likeness (QED) is 0.319. The molecule has 2 heterocycles. The molecule has 0 radical (unpaired) electrons. The lowest BCUT2D eigenvalue weighted by atomic mass is 10.3. The van der Waals surface area contributed by atoms with Crippen LogP contribution in [0.2, 0.25) is 0 Å². The van der Waals surface area contributed by atoms with E-state index >= 15 is 0 Å². The summed E-state index contributed by atoms with van der Waals surface area (Å²) in [5, 5.41) is 14.8. The lowest BCUT2D eigenvalue weighted by molar-refractivity contribution is -0.148. The smallest absolute Gasteiger partial charge is 0.306 e. The first-order valence-corrected chi connectivity index (χ1v) is 9.76. The Bertz CT molecular complexity index is 766. The molecule has 1 fully saturated rings. The minimum Gasteiger partial charge on any atom is -0.462 e. The van der Waals surface area contributed by atoms with Crippen molar-refractivity contribution < 1.29 is 9.53 Å². The molecule has 0 bridgehead atoms. The van der Waals surface area contributed by atoms with Crippen LogP contribution in [0, 0.1) is 0 Å². The molecule has 1 saturated carbocycles. The van der Waals surface area contributed by atoms with Gasteiger partial charge < -0.3 is 15.4 Å². The number of hydrogen-bond donors (Lipinski definition) is 2. The van der Waals surface area contributed by atoms with Crippen molar-refractivity contribution in [2.45, 2.75) is 58.1 Å². The molecule has 1 aliphatic rings. The average Bonchev–Trinajstić information content (AvgIpc) is 3.33. The summed E-state index contributed by atoms with van der Waals surface area (Å²) in [5.41, 5.74) is 0.807. The molecule has 146 valence electrons. The molecule has 8 nitrogen and oxygen atoms in total. The Labute approximate surface area is 159 Å². The van der Waals surface area contributed by atoms with E-state index in [-0.39, 0.29) is 12.1 Å². The summed E-state index contributed by atoms with van der Waals surface area (Å²) < 4.78 is 7.40. The first kappa shape index (κ1) is 19.1. The maximum absolute atomic E-state index is 11.9. The van der Waals surface area contributed by atoms with Crippen molar-refractivity contribution in [3.8, 4) is 0 Å². The molecule has 3 rings (SSSR count). The molecule has 2 aromatic heterocycles. The third-order valence-electron chi connectivity index (χ3n) is 4.56. The highest BCUT2D eigenvalue weighted by molar-refractivity contribution is 5.79. The van der Waals surface area contributed by atoms with E-state index in [4.69, 9.17) is 4.74 Å². The lowest BCUT2D eigenvalue weighted by Crippen LogP contribution is -2.38. The fourth-order valence-electron chi connectivity index (χ4n) is 3.18. The first-order valence-electron chi connectivity index (χ1n) is 9.76. The number of nitrogens with one attached hydrogen (secondary N) is 2. The number of esters is 1. The zero-order valence-electron chi connectivity index (χ0n) is 15.9. The molecule has 0 spiro atoms. The number of nitrogens with zero attached hydrogens (tertiary/aromatic N) is 4. The van der Waals surface area contributed by atoms with Crippen LogP contribution in [0.5, 0.6) is 0 Å². The zero-order chi connectivity index (χ0) is 18.9. The molecule has 27 heavy (non-hydrogen) atoms. The lowest BCUT2D eigenvalue weighted by Gasteiger charge is -2.12. The number of fused-ring (bicyclic) bond motifs is 1. The predicted molar refractivity (Wildman–Crippen MR) is 103 cm³/mol. The summed E-state index contributed by atoms with van der Waals surface area (Å²) in [4.78, 5) is 16.4. The molecule has 0 atom stereocenters. The standard InChI is InChI=1S/C19H28N6O2/c1-2-20-19(21-12-7-11-18(26)27-15-8-3-4-9-15)22-14-17-24-23-16-10-5-6-13-25(16)17/h5-6,10,13,15H,2-4,7-9,11-12,14H2,1H3,(H2,20,21,22). The van der Waals surface area contributed by atoms with E-state index < -0.39 is 0 Å². The summed E-state index contributed by atoms with van der Waals surface area (Å²) in [7, 11) is 0. The van der Waals surface area contributed by atoms with E-state index in [0.717, 1.165) is 30.9 Å². The van der Waals surface area contributed by atoms with Crippen LogP contribution in [-0.4, -0.2) is 45.7 Å². The zero-order valence-corrected chi connectivity index (χ0v) is 15.9. The maximum Gasteiger partial charge on any atom is 0.306 e. The van der Waals surface area contributed by atoms with Gasteiger partial charge >= 0.3 is 5.97 Å². The topological polar surface area (TPSA) is 92.9 Å². The van der Waals surface area contributed by atoms with Gasteiger partial charge in [0.25, 0.3) is 0 Å². The second-order valence-corrected chi connectivity index (χ2v) is 6.67. The van der Waals surface area contributed by atoms with Crippen LogP contribution >= 0.6 is 0 Å². The van der Waals surface area contributed by atoms with Gasteiger partial charge in [0.2, 0.25) is 0 Å².